The molecule has 0 fully saturated rings. The number of amides is 2. The van der Waals surface area contributed by atoms with Gasteiger partial charge in [0, 0.05) is 35.5 Å². The molecule has 142 valence electrons. The molecule has 1 heterocycles. The van der Waals surface area contributed by atoms with E-state index in [1.807, 2.05) is 47.4 Å². The summed E-state index contributed by atoms with van der Waals surface area (Å²) in [6.45, 7) is 7.52. The molecule has 5 nitrogen and oxygen atoms in total. The summed E-state index contributed by atoms with van der Waals surface area (Å²) in [7, 11) is 0. The van der Waals surface area contributed by atoms with E-state index in [-0.39, 0.29) is 18.0 Å². The summed E-state index contributed by atoms with van der Waals surface area (Å²) in [5.41, 5.74) is 3.16. The molecule has 1 aliphatic heterocycles. The lowest BCUT2D eigenvalue weighted by molar-refractivity contribution is 0.0742. The Bertz CT molecular complexity index is 832. The molecule has 0 saturated heterocycles. The molecule has 2 N–H and O–H groups in total. The molecule has 2 aromatic carbocycles. The van der Waals surface area contributed by atoms with Crippen LogP contribution in [0.25, 0.3) is 0 Å². The van der Waals surface area contributed by atoms with Crippen LogP contribution in [0.4, 0.5) is 5.69 Å². The summed E-state index contributed by atoms with van der Waals surface area (Å²) in [6, 6.07) is 15.1. The van der Waals surface area contributed by atoms with Crippen LogP contribution in [0.1, 0.15) is 59.6 Å². The molecule has 27 heavy (non-hydrogen) atoms. The van der Waals surface area contributed by atoms with Crippen molar-refractivity contribution in [1.29, 1.82) is 0 Å². The van der Waals surface area contributed by atoms with Gasteiger partial charge in [-0.2, -0.15) is 0 Å². The zero-order valence-electron chi connectivity index (χ0n) is 16.2. The number of rotatable bonds is 7. The third kappa shape index (κ3) is 4.13. The van der Waals surface area contributed by atoms with Crippen LogP contribution in [0.5, 0.6) is 0 Å². The number of nitrogens with zero attached hydrogens (tertiary/aromatic N) is 1. The molecule has 0 aliphatic carbocycles. The Morgan fingerprint density at radius 1 is 1.15 bits per heavy atom. The monoisotopic (exact) mass is 365 g/mol. The first-order chi connectivity index (χ1) is 13.0. The van der Waals surface area contributed by atoms with Gasteiger partial charge in [-0.15, -0.1) is 0 Å². The maximum Gasteiger partial charge on any atom is 0.256 e. The van der Waals surface area contributed by atoms with E-state index in [1.165, 1.54) is 0 Å². The van der Waals surface area contributed by atoms with Crippen LogP contribution in [0.15, 0.2) is 48.5 Å². The van der Waals surface area contributed by atoms with Crippen molar-refractivity contribution in [3.05, 3.63) is 65.2 Å². The molecule has 0 spiro atoms. The quantitative estimate of drug-likeness (QED) is 0.778. The maximum absolute atomic E-state index is 12.7. The van der Waals surface area contributed by atoms with E-state index in [0.29, 0.717) is 24.6 Å². The Morgan fingerprint density at radius 2 is 1.93 bits per heavy atom. The Labute approximate surface area is 160 Å². The molecule has 0 aromatic heterocycles. The Hall–Kier alpha value is -2.82. The van der Waals surface area contributed by atoms with Crippen molar-refractivity contribution in [2.24, 2.45) is 5.92 Å². The Kier molecular flexibility index (Phi) is 5.79. The van der Waals surface area contributed by atoms with Crippen molar-refractivity contribution < 1.29 is 9.59 Å². The number of fused-ring (bicyclic) bond motifs is 1. The molecule has 2 amide bonds. The van der Waals surface area contributed by atoms with Crippen molar-refractivity contribution in [2.45, 2.75) is 33.4 Å². The molecule has 0 radical (unpaired) electrons. The van der Waals surface area contributed by atoms with Gasteiger partial charge in [-0.05, 0) is 36.6 Å². The number of carbonyl (C=O) groups is 2. The van der Waals surface area contributed by atoms with Crippen molar-refractivity contribution in [3.8, 4) is 0 Å². The first-order valence-electron chi connectivity index (χ1n) is 9.56. The van der Waals surface area contributed by atoms with Gasteiger partial charge >= 0.3 is 0 Å². The molecule has 0 unspecified atom stereocenters. The fourth-order valence-electron chi connectivity index (χ4n) is 3.30. The molecule has 5 heteroatoms. The number of hydrogen-bond donors (Lipinski definition) is 2. The molecule has 0 bridgehead atoms. The van der Waals surface area contributed by atoms with Crippen LogP contribution in [0.3, 0.4) is 0 Å². The van der Waals surface area contributed by atoms with Gasteiger partial charge in [-0.3, -0.25) is 9.59 Å². The van der Waals surface area contributed by atoms with Gasteiger partial charge in [-0.25, -0.2) is 0 Å². The maximum atomic E-state index is 12.7. The van der Waals surface area contributed by atoms with E-state index in [9.17, 15) is 9.59 Å². The van der Waals surface area contributed by atoms with Gasteiger partial charge in [-0.1, -0.05) is 45.0 Å². The Balaban J connectivity index is 1.82. The van der Waals surface area contributed by atoms with Crippen LogP contribution in [-0.2, 0) is 0 Å². The fraction of sp³-hybridized carbons (Fsp3) is 0.364. The predicted octanol–water partition coefficient (Wildman–Crippen LogP) is 4.05. The van der Waals surface area contributed by atoms with Crippen molar-refractivity contribution >= 4 is 17.5 Å². The minimum atomic E-state index is -0.220. The SMILES string of the molecule is CCCN1C(=O)c2ccccc2[C@@H]1Nc1cccc(C(=O)NCC(C)C)c1. The summed E-state index contributed by atoms with van der Waals surface area (Å²) < 4.78 is 0. The highest BCUT2D eigenvalue weighted by Gasteiger charge is 2.35. The van der Waals surface area contributed by atoms with Gasteiger partial charge in [0.2, 0.25) is 0 Å². The highest BCUT2D eigenvalue weighted by atomic mass is 16.2. The van der Waals surface area contributed by atoms with E-state index in [4.69, 9.17) is 0 Å². The highest BCUT2D eigenvalue weighted by molar-refractivity contribution is 5.99. The highest BCUT2D eigenvalue weighted by Crippen LogP contribution is 2.34. The lowest BCUT2D eigenvalue weighted by Crippen LogP contribution is -2.33. The van der Waals surface area contributed by atoms with Crippen molar-refractivity contribution in [3.63, 3.8) is 0 Å². The second-order valence-electron chi connectivity index (χ2n) is 7.32. The average Bonchev–Trinajstić information content (AvgIpc) is 2.93. The lowest BCUT2D eigenvalue weighted by Gasteiger charge is -2.27. The van der Waals surface area contributed by atoms with E-state index in [2.05, 4.69) is 31.4 Å². The second-order valence-corrected chi connectivity index (χ2v) is 7.32. The zero-order valence-corrected chi connectivity index (χ0v) is 16.2. The van der Waals surface area contributed by atoms with Crippen LogP contribution in [0.2, 0.25) is 0 Å². The number of nitrogens with one attached hydrogen (secondary N) is 2. The van der Waals surface area contributed by atoms with Crippen molar-refractivity contribution in [2.75, 3.05) is 18.4 Å². The normalized spacial score (nSPS) is 15.8. The van der Waals surface area contributed by atoms with Gasteiger partial charge < -0.3 is 15.5 Å². The molecule has 0 saturated carbocycles. The molecular weight excluding hydrogens is 338 g/mol. The van der Waals surface area contributed by atoms with Gasteiger partial charge in [0.05, 0.1) is 0 Å². The first-order valence-corrected chi connectivity index (χ1v) is 9.56. The minimum Gasteiger partial charge on any atom is -0.361 e. The second kappa shape index (κ2) is 8.25. The van der Waals surface area contributed by atoms with Crippen LogP contribution >= 0.6 is 0 Å². The number of benzene rings is 2. The zero-order chi connectivity index (χ0) is 19.4. The van der Waals surface area contributed by atoms with Crippen LogP contribution in [-0.4, -0.2) is 29.8 Å². The van der Waals surface area contributed by atoms with Crippen LogP contribution < -0.4 is 10.6 Å². The van der Waals surface area contributed by atoms with Crippen molar-refractivity contribution in [1.82, 2.24) is 10.2 Å². The third-order valence-electron chi connectivity index (χ3n) is 4.62. The standard InChI is InChI=1S/C22H27N3O2/c1-4-12-25-20(18-10-5-6-11-19(18)22(25)27)24-17-9-7-8-16(13-17)21(26)23-14-15(2)3/h5-11,13,15,20,24H,4,12,14H2,1-3H3,(H,23,26)/t20-/m1/s1. The molecule has 1 atom stereocenters. The summed E-state index contributed by atoms with van der Waals surface area (Å²) in [5, 5.41) is 6.39. The average molecular weight is 365 g/mol. The van der Waals surface area contributed by atoms with E-state index >= 15 is 0 Å². The first kappa shape index (κ1) is 19.0. The largest absolute Gasteiger partial charge is 0.361 e. The molecule has 2 aromatic rings. The summed E-state index contributed by atoms with van der Waals surface area (Å²) >= 11 is 0. The summed E-state index contributed by atoms with van der Waals surface area (Å²) in [6.07, 6.45) is 0.665. The van der Waals surface area contributed by atoms with E-state index in [0.717, 1.165) is 23.2 Å². The van der Waals surface area contributed by atoms with Gasteiger partial charge in [0.15, 0.2) is 0 Å². The summed E-state index contributed by atoms with van der Waals surface area (Å²) in [5.74, 6) is 0.371. The lowest BCUT2D eigenvalue weighted by atomic mass is 10.1. The van der Waals surface area contributed by atoms with Gasteiger partial charge in [0.1, 0.15) is 6.17 Å². The van der Waals surface area contributed by atoms with E-state index < -0.39 is 0 Å². The third-order valence-corrected chi connectivity index (χ3v) is 4.62. The number of anilines is 1. The topological polar surface area (TPSA) is 61.4 Å². The molecule has 3 rings (SSSR count). The van der Waals surface area contributed by atoms with E-state index in [1.54, 1.807) is 6.07 Å². The van der Waals surface area contributed by atoms with Gasteiger partial charge in [0.25, 0.3) is 11.8 Å². The Morgan fingerprint density at radius 3 is 2.67 bits per heavy atom. The fourth-order valence-corrected chi connectivity index (χ4v) is 3.30. The number of carbonyl (C=O) groups excluding carboxylic acids is 2. The summed E-state index contributed by atoms with van der Waals surface area (Å²) in [4.78, 5) is 26.9. The smallest absolute Gasteiger partial charge is 0.256 e. The predicted molar refractivity (Wildman–Crippen MR) is 108 cm³/mol. The minimum absolute atomic E-state index is 0.0516. The van der Waals surface area contributed by atoms with Crippen LogP contribution in [0, 0.1) is 5.92 Å². The molecule has 1 aliphatic rings. The molecular formula is C22H27N3O2. The number of hydrogen-bond acceptors (Lipinski definition) is 3.